The highest BCUT2D eigenvalue weighted by atomic mass is 16.2. The molecule has 1 aromatic heterocycles. The lowest BCUT2D eigenvalue weighted by Crippen LogP contribution is -2.44. The lowest BCUT2D eigenvalue weighted by molar-refractivity contribution is -0.138. The summed E-state index contributed by atoms with van der Waals surface area (Å²) in [7, 11) is 0. The fourth-order valence-corrected chi connectivity index (χ4v) is 3.01. The van der Waals surface area contributed by atoms with E-state index in [0.717, 1.165) is 36.9 Å². The first-order valence-electron chi connectivity index (χ1n) is 8.13. The molecule has 22 heavy (non-hydrogen) atoms. The zero-order valence-corrected chi connectivity index (χ0v) is 13.0. The van der Waals surface area contributed by atoms with E-state index in [2.05, 4.69) is 10.3 Å². The van der Waals surface area contributed by atoms with Crippen LogP contribution in [-0.2, 0) is 9.59 Å². The lowest BCUT2D eigenvalue weighted by Gasteiger charge is -2.27. The summed E-state index contributed by atoms with van der Waals surface area (Å²) < 4.78 is 0. The minimum atomic E-state index is -0.0737. The molecule has 1 saturated heterocycles. The number of hydrogen-bond acceptors (Lipinski definition) is 3. The number of carbonyl (C=O) groups excluding carboxylic acids is 2. The second-order valence-electron chi connectivity index (χ2n) is 6.41. The predicted molar refractivity (Wildman–Crippen MR) is 83.0 cm³/mol. The Morgan fingerprint density at radius 2 is 2.27 bits per heavy atom. The van der Waals surface area contributed by atoms with Gasteiger partial charge in [-0.15, -0.1) is 0 Å². The van der Waals surface area contributed by atoms with E-state index >= 15 is 0 Å². The SMILES string of the molecule is Cc1ccnc([C@H](NC(=O)CN2CCCCC2=O)C2CC2)c1. The fourth-order valence-electron chi connectivity index (χ4n) is 3.01. The van der Waals surface area contributed by atoms with Gasteiger partial charge < -0.3 is 10.2 Å². The zero-order chi connectivity index (χ0) is 15.5. The average Bonchev–Trinajstić information content (AvgIpc) is 3.32. The molecular formula is C17H23N3O2. The number of rotatable bonds is 5. The van der Waals surface area contributed by atoms with Crippen LogP contribution in [0.1, 0.15) is 49.4 Å². The van der Waals surface area contributed by atoms with Crippen molar-refractivity contribution in [2.24, 2.45) is 5.92 Å². The molecule has 0 bridgehead atoms. The van der Waals surface area contributed by atoms with Gasteiger partial charge in [0.1, 0.15) is 0 Å². The fraction of sp³-hybridized carbons (Fsp3) is 0.588. The molecule has 2 aliphatic rings. The molecule has 1 aliphatic carbocycles. The van der Waals surface area contributed by atoms with Crippen molar-refractivity contribution in [2.45, 2.75) is 45.1 Å². The van der Waals surface area contributed by atoms with E-state index in [1.807, 2.05) is 19.1 Å². The number of aromatic nitrogens is 1. The summed E-state index contributed by atoms with van der Waals surface area (Å²) >= 11 is 0. The van der Waals surface area contributed by atoms with Gasteiger partial charge in [0.2, 0.25) is 11.8 Å². The summed E-state index contributed by atoms with van der Waals surface area (Å²) in [5.41, 5.74) is 2.08. The Hall–Kier alpha value is -1.91. The summed E-state index contributed by atoms with van der Waals surface area (Å²) in [6.45, 7) is 2.90. The molecule has 2 fully saturated rings. The third-order valence-electron chi connectivity index (χ3n) is 4.42. The Kier molecular flexibility index (Phi) is 4.41. The molecule has 5 nitrogen and oxygen atoms in total. The molecule has 2 amide bonds. The number of pyridine rings is 1. The van der Waals surface area contributed by atoms with Crippen LogP contribution < -0.4 is 5.32 Å². The Labute approximate surface area is 131 Å². The van der Waals surface area contributed by atoms with E-state index in [0.29, 0.717) is 18.9 Å². The van der Waals surface area contributed by atoms with Gasteiger partial charge in [0.25, 0.3) is 0 Å². The van der Waals surface area contributed by atoms with Gasteiger partial charge in [-0.25, -0.2) is 0 Å². The Bertz CT molecular complexity index is 569. The summed E-state index contributed by atoms with van der Waals surface area (Å²) in [4.78, 5) is 30.2. The molecule has 2 heterocycles. The highest BCUT2D eigenvalue weighted by Gasteiger charge is 2.34. The predicted octanol–water partition coefficient (Wildman–Crippen LogP) is 1.97. The monoisotopic (exact) mass is 301 g/mol. The normalized spacial score (nSPS) is 19.9. The van der Waals surface area contributed by atoms with Crippen LogP contribution in [0.15, 0.2) is 18.3 Å². The van der Waals surface area contributed by atoms with Crippen molar-refractivity contribution in [3.05, 3.63) is 29.6 Å². The van der Waals surface area contributed by atoms with E-state index in [4.69, 9.17) is 0 Å². The molecule has 1 N–H and O–H groups in total. The molecule has 118 valence electrons. The van der Waals surface area contributed by atoms with Crippen LogP contribution in [0.4, 0.5) is 0 Å². The van der Waals surface area contributed by atoms with Crippen molar-refractivity contribution in [3.63, 3.8) is 0 Å². The molecule has 0 unspecified atom stereocenters. The smallest absolute Gasteiger partial charge is 0.240 e. The van der Waals surface area contributed by atoms with Crippen LogP contribution in [-0.4, -0.2) is 34.8 Å². The minimum Gasteiger partial charge on any atom is -0.346 e. The summed E-state index contributed by atoms with van der Waals surface area (Å²) in [6, 6.07) is 3.98. The second kappa shape index (κ2) is 6.46. The van der Waals surface area contributed by atoms with Crippen molar-refractivity contribution >= 4 is 11.8 Å². The number of hydrogen-bond donors (Lipinski definition) is 1. The van der Waals surface area contributed by atoms with Crippen molar-refractivity contribution in [1.82, 2.24) is 15.2 Å². The molecule has 1 saturated carbocycles. The number of amides is 2. The molecule has 0 aromatic carbocycles. The largest absolute Gasteiger partial charge is 0.346 e. The first-order chi connectivity index (χ1) is 10.6. The van der Waals surface area contributed by atoms with Gasteiger partial charge in [0.05, 0.1) is 18.3 Å². The van der Waals surface area contributed by atoms with E-state index in [-0.39, 0.29) is 24.4 Å². The number of nitrogens with one attached hydrogen (secondary N) is 1. The summed E-state index contributed by atoms with van der Waals surface area (Å²) in [6.07, 6.45) is 6.55. The highest BCUT2D eigenvalue weighted by molar-refractivity contribution is 5.85. The number of piperidine rings is 1. The molecule has 0 spiro atoms. The van der Waals surface area contributed by atoms with Crippen LogP contribution in [0.5, 0.6) is 0 Å². The molecule has 1 atom stereocenters. The number of nitrogens with zero attached hydrogens (tertiary/aromatic N) is 2. The van der Waals surface area contributed by atoms with Gasteiger partial charge in [0, 0.05) is 19.2 Å². The standard InChI is InChI=1S/C17H23N3O2/c1-12-7-8-18-14(10-12)17(13-5-6-13)19-15(21)11-20-9-3-2-4-16(20)22/h7-8,10,13,17H,2-6,9,11H2,1H3,(H,19,21)/t17-/m1/s1. The van der Waals surface area contributed by atoms with Crippen molar-refractivity contribution in [3.8, 4) is 0 Å². The molecule has 1 aliphatic heterocycles. The molecular weight excluding hydrogens is 278 g/mol. The molecule has 0 radical (unpaired) electrons. The van der Waals surface area contributed by atoms with Gasteiger partial charge in [-0.05, 0) is 56.2 Å². The Morgan fingerprint density at radius 1 is 1.45 bits per heavy atom. The Balaban J connectivity index is 1.63. The van der Waals surface area contributed by atoms with Crippen molar-refractivity contribution in [1.29, 1.82) is 0 Å². The number of aryl methyl sites for hydroxylation is 1. The first-order valence-corrected chi connectivity index (χ1v) is 8.13. The Morgan fingerprint density at radius 3 is 2.95 bits per heavy atom. The van der Waals surface area contributed by atoms with Gasteiger partial charge in [-0.3, -0.25) is 14.6 Å². The zero-order valence-electron chi connectivity index (χ0n) is 13.0. The molecule has 3 rings (SSSR count). The maximum absolute atomic E-state index is 12.3. The number of carbonyl (C=O) groups is 2. The molecule has 5 heteroatoms. The van der Waals surface area contributed by atoms with E-state index in [1.165, 1.54) is 0 Å². The topological polar surface area (TPSA) is 62.3 Å². The number of likely N-dealkylation sites (tertiary alicyclic amines) is 1. The van der Waals surface area contributed by atoms with E-state index in [9.17, 15) is 9.59 Å². The maximum atomic E-state index is 12.3. The van der Waals surface area contributed by atoms with Gasteiger partial charge in [-0.1, -0.05) is 0 Å². The van der Waals surface area contributed by atoms with Gasteiger partial charge >= 0.3 is 0 Å². The van der Waals surface area contributed by atoms with Gasteiger partial charge in [-0.2, -0.15) is 0 Å². The van der Waals surface area contributed by atoms with Crippen LogP contribution >= 0.6 is 0 Å². The first kappa shape index (κ1) is 15.0. The third-order valence-corrected chi connectivity index (χ3v) is 4.42. The summed E-state index contributed by atoms with van der Waals surface area (Å²) in [5, 5.41) is 3.09. The summed E-state index contributed by atoms with van der Waals surface area (Å²) in [5.74, 6) is 0.504. The van der Waals surface area contributed by atoms with Gasteiger partial charge in [0.15, 0.2) is 0 Å². The van der Waals surface area contributed by atoms with E-state index in [1.54, 1.807) is 11.1 Å². The van der Waals surface area contributed by atoms with E-state index < -0.39 is 0 Å². The van der Waals surface area contributed by atoms with Crippen molar-refractivity contribution < 1.29 is 9.59 Å². The second-order valence-corrected chi connectivity index (χ2v) is 6.41. The van der Waals surface area contributed by atoms with Crippen LogP contribution in [0, 0.1) is 12.8 Å². The maximum Gasteiger partial charge on any atom is 0.240 e. The van der Waals surface area contributed by atoms with Crippen LogP contribution in [0.3, 0.4) is 0 Å². The van der Waals surface area contributed by atoms with Crippen molar-refractivity contribution in [2.75, 3.05) is 13.1 Å². The van der Waals surface area contributed by atoms with Crippen LogP contribution in [0.2, 0.25) is 0 Å². The highest BCUT2D eigenvalue weighted by Crippen LogP contribution is 2.40. The lowest BCUT2D eigenvalue weighted by atomic mass is 10.1. The average molecular weight is 301 g/mol. The quantitative estimate of drug-likeness (QED) is 0.904. The molecule has 1 aromatic rings. The van der Waals surface area contributed by atoms with Crippen LogP contribution in [0.25, 0.3) is 0 Å². The third kappa shape index (κ3) is 3.64. The minimum absolute atomic E-state index is 0.0210.